The Morgan fingerprint density at radius 2 is 1.76 bits per heavy atom. The van der Waals surface area contributed by atoms with E-state index in [4.69, 9.17) is 13.9 Å². The molecule has 2 aliphatic rings. The van der Waals surface area contributed by atoms with Gasteiger partial charge in [0.25, 0.3) is 5.91 Å². The summed E-state index contributed by atoms with van der Waals surface area (Å²) in [6.07, 6.45) is 1.08. The van der Waals surface area contributed by atoms with E-state index in [1.165, 1.54) is 0 Å². The van der Waals surface area contributed by atoms with Crippen molar-refractivity contribution in [1.82, 2.24) is 9.88 Å². The van der Waals surface area contributed by atoms with E-state index < -0.39 is 16.1 Å². The van der Waals surface area contributed by atoms with Crippen LogP contribution in [-0.2, 0) is 16.6 Å². The van der Waals surface area contributed by atoms with E-state index in [1.54, 1.807) is 53.4 Å². The molecule has 10 nitrogen and oxygen atoms in total. The van der Waals surface area contributed by atoms with Crippen molar-refractivity contribution in [2.24, 2.45) is 0 Å². The number of hydrogen-bond acceptors (Lipinski definition) is 7. The molecule has 0 bridgehead atoms. The van der Waals surface area contributed by atoms with Gasteiger partial charge in [0.15, 0.2) is 22.7 Å². The van der Waals surface area contributed by atoms with Gasteiger partial charge in [0.1, 0.15) is 5.76 Å². The summed E-state index contributed by atoms with van der Waals surface area (Å²) in [5.74, 6) is 1.35. The summed E-state index contributed by atoms with van der Waals surface area (Å²) in [4.78, 5) is 32.5. The Morgan fingerprint density at radius 3 is 2.56 bits per heavy atom. The number of ether oxygens (including phenoxy) is 2. The van der Waals surface area contributed by atoms with Crippen LogP contribution in [0.2, 0.25) is 0 Å². The molecule has 3 aromatic carbocycles. The number of benzene rings is 3. The molecular formula is C30H23N3O7S. The van der Waals surface area contributed by atoms with Crippen LogP contribution in [0.5, 0.6) is 11.5 Å². The molecule has 11 heteroatoms. The van der Waals surface area contributed by atoms with Gasteiger partial charge in [-0.2, -0.15) is 0 Å². The van der Waals surface area contributed by atoms with E-state index >= 15 is 0 Å². The first kappa shape index (κ1) is 25.0. The van der Waals surface area contributed by atoms with E-state index in [1.807, 2.05) is 30.3 Å². The maximum atomic E-state index is 14.0. The summed E-state index contributed by atoms with van der Waals surface area (Å²) < 4.78 is 42.5. The lowest BCUT2D eigenvalue weighted by atomic mass is 10.0. The fourth-order valence-corrected chi connectivity index (χ4v) is 5.95. The standard InChI is InChI=1S/C30H23N3O7S/c1-41(36,37)32-19-9-6-17(7-10-19)23-12-13-25(40-23)30(35)33-15-21-27(31-22-5-3-2-4-20(22)29(21)34)28(33)18-8-11-24-26(14-18)39-16-38-24/h2-14,28,32H,15-16H2,1H3,(H,31,34). The molecule has 206 valence electrons. The van der Waals surface area contributed by atoms with E-state index in [0.717, 1.165) is 11.8 Å². The summed E-state index contributed by atoms with van der Waals surface area (Å²) in [6.45, 7) is 0.208. The highest BCUT2D eigenvalue weighted by Crippen LogP contribution is 2.42. The molecule has 4 heterocycles. The number of amides is 1. The number of H-pyrrole nitrogens is 1. The normalized spacial score (nSPS) is 15.7. The van der Waals surface area contributed by atoms with Gasteiger partial charge in [-0.1, -0.05) is 18.2 Å². The second kappa shape index (κ2) is 9.27. The quantitative estimate of drug-likeness (QED) is 0.315. The Balaban J connectivity index is 1.27. The smallest absolute Gasteiger partial charge is 0.290 e. The molecule has 1 amide bonds. The van der Waals surface area contributed by atoms with Crippen LogP contribution in [0, 0.1) is 0 Å². The van der Waals surface area contributed by atoms with Crippen LogP contribution < -0.4 is 19.6 Å². The molecular weight excluding hydrogens is 546 g/mol. The second-order valence-electron chi connectivity index (χ2n) is 9.96. The summed E-state index contributed by atoms with van der Waals surface area (Å²) in [5, 5.41) is 0.555. The van der Waals surface area contributed by atoms with Gasteiger partial charge >= 0.3 is 0 Å². The summed E-state index contributed by atoms with van der Waals surface area (Å²) in [7, 11) is -3.40. The number of aromatic amines is 1. The van der Waals surface area contributed by atoms with Gasteiger partial charge < -0.3 is 23.8 Å². The van der Waals surface area contributed by atoms with Gasteiger partial charge in [-0.15, -0.1) is 0 Å². The van der Waals surface area contributed by atoms with E-state index in [-0.39, 0.29) is 30.4 Å². The lowest BCUT2D eigenvalue weighted by Gasteiger charge is -2.25. The van der Waals surface area contributed by atoms with Gasteiger partial charge in [-0.3, -0.25) is 14.3 Å². The van der Waals surface area contributed by atoms with Crippen molar-refractivity contribution in [2.75, 3.05) is 17.8 Å². The zero-order valence-electron chi connectivity index (χ0n) is 21.7. The molecule has 2 aromatic heterocycles. The Hall–Kier alpha value is -5.03. The number of sulfonamides is 1. The Kier molecular flexibility index (Phi) is 5.65. The lowest BCUT2D eigenvalue weighted by molar-refractivity contribution is 0.0685. The van der Waals surface area contributed by atoms with Gasteiger partial charge in [-0.25, -0.2) is 8.42 Å². The second-order valence-corrected chi connectivity index (χ2v) is 11.7. The van der Waals surface area contributed by atoms with Crippen molar-refractivity contribution in [1.29, 1.82) is 0 Å². The number of pyridine rings is 1. The van der Waals surface area contributed by atoms with Gasteiger partial charge in [-0.05, 0) is 66.2 Å². The number of aromatic nitrogens is 1. The van der Waals surface area contributed by atoms with Crippen LogP contribution in [0.25, 0.3) is 22.2 Å². The van der Waals surface area contributed by atoms with Crippen LogP contribution >= 0.6 is 0 Å². The minimum absolute atomic E-state index is 0.0926. The molecule has 0 saturated heterocycles. The molecule has 2 N–H and O–H groups in total. The topological polar surface area (TPSA) is 131 Å². The molecule has 1 unspecified atom stereocenters. The summed E-state index contributed by atoms with van der Waals surface area (Å²) in [6, 6.07) is 22.1. The molecule has 7 rings (SSSR count). The molecule has 0 saturated carbocycles. The largest absolute Gasteiger partial charge is 0.454 e. The highest BCUT2D eigenvalue weighted by molar-refractivity contribution is 7.92. The third kappa shape index (κ3) is 4.40. The van der Waals surface area contributed by atoms with Crippen LogP contribution in [0.4, 0.5) is 5.69 Å². The average Bonchev–Trinajstić information content (AvgIpc) is 3.71. The van der Waals surface area contributed by atoms with Gasteiger partial charge in [0.2, 0.25) is 16.8 Å². The van der Waals surface area contributed by atoms with Crippen LogP contribution in [0.3, 0.4) is 0 Å². The number of rotatable bonds is 5. The predicted octanol–water partition coefficient (Wildman–Crippen LogP) is 4.63. The monoisotopic (exact) mass is 569 g/mol. The molecule has 1 atom stereocenters. The number of carbonyl (C=O) groups is 1. The van der Waals surface area contributed by atoms with E-state index in [9.17, 15) is 18.0 Å². The molecule has 41 heavy (non-hydrogen) atoms. The van der Waals surface area contributed by atoms with Crippen LogP contribution in [0.15, 0.2) is 88.1 Å². The minimum atomic E-state index is -3.40. The number of nitrogens with zero attached hydrogens (tertiary/aromatic N) is 1. The molecule has 0 fully saturated rings. The number of anilines is 1. The van der Waals surface area contributed by atoms with Gasteiger partial charge in [0.05, 0.1) is 24.5 Å². The molecule has 0 spiro atoms. The van der Waals surface area contributed by atoms with Crippen molar-refractivity contribution >= 4 is 32.5 Å². The number of para-hydroxylation sites is 1. The summed E-state index contributed by atoms with van der Waals surface area (Å²) in [5.41, 5.74) is 3.55. The number of carbonyl (C=O) groups excluding carboxylic acids is 1. The van der Waals surface area contributed by atoms with Gasteiger partial charge in [0, 0.05) is 27.7 Å². The Morgan fingerprint density at radius 1 is 0.976 bits per heavy atom. The zero-order chi connectivity index (χ0) is 28.3. The Labute approximate surface area is 234 Å². The predicted molar refractivity (Wildman–Crippen MR) is 151 cm³/mol. The maximum absolute atomic E-state index is 14.0. The van der Waals surface area contributed by atoms with Crippen molar-refractivity contribution < 1.29 is 27.1 Å². The zero-order valence-corrected chi connectivity index (χ0v) is 22.5. The lowest BCUT2D eigenvalue weighted by Crippen LogP contribution is -2.30. The first-order valence-corrected chi connectivity index (χ1v) is 14.7. The molecule has 2 aliphatic heterocycles. The molecule has 0 radical (unpaired) electrons. The number of furan rings is 1. The van der Waals surface area contributed by atoms with Crippen molar-refractivity contribution in [3.05, 3.63) is 112 Å². The van der Waals surface area contributed by atoms with Crippen molar-refractivity contribution in [3.8, 4) is 22.8 Å². The first-order valence-electron chi connectivity index (χ1n) is 12.8. The maximum Gasteiger partial charge on any atom is 0.290 e. The number of fused-ring (bicyclic) bond motifs is 3. The SMILES string of the molecule is CS(=O)(=O)Nc1ccc(-c2ccc(C(=O)N3Cc4c([nH]c5ccccc5c4=O)C3c3ccc4c(c3)OCO4)o2)cc1. The average molecular weight is 570 g/mol. The van der Waals surface area contributed by atoms with Crippen molar-refractivity contribution in [2.45, 2.75) is 12.6 Å². The molecule has 5 aromatic rings. The third-order valence-corrected chi connectivity index (χ3v) is 7.82. The Bertz CT molecular complexity index is 2010. The highest BCUT2D eigenvalue weighted by Gasteiger charge is 2.39. The summed E-state index contributed by atoms with van der Waals surface area (Å²) >= 11 is 0. The number of hydrogen-bond donors (Lipinski definition) is 2. The van der Waals surface area contributed by atoms with E-state index in [0.29, 0.717) is 50.7 Å². The minimum Gasteiger partial charge on any atom is -0.454 e. The molecule has 0 aliphatic carbocycles. The first-order chi connectivity index (χ1) is 19.7. The highest BCUT2D eigenvalue weighted by atomic mass is 32.2. The fourth-order valence-electron chi connectivity index (χ4n) is 5.39. The fraction of sp³-hybridized carbons (Fsp3) is 0.133. The number of nitrogens with one attached hydrogen (secondary N) is 2. The third-order valence-electron chi connectivity index (χ3n) is 7.22. The van der Waals surface area contributed by atoms with Crippen molar-refractivity contribution in [3.63, 3.8) is 0 Å². The van der Waals surface area contributed by atoms with Crippen LogP contribution in [0.1, 0.15) is 33.4 Å². The van der Waals surface area contributed by atoms with Crippen LogP contribution in [-0.4, -0.2) is 37.3 Å². The van der Waals surface area contributed by atoms with E-state index in [2.05, 4.69) is 9.71 Å².